The third-order valence-corrected chi connectivity index (χ3v) is 3.96. The van der Waals surface area contributed by atoms with E-state index in [0.717, 1.165) is 15.9 Å². The van der Waals surface area contributed by atoms with Crippen LogP contribution in [0.5, 0.6) is 0 Å². The Labute approximate surface area is 125 Å². The smallest absolute Gasteiger partial charge is 0.126 e. The molecule has 0 aliphatic rings. The predicted octanol–water partition coefficient (Wildman–Crippen LogP) is 3.95. The molecule has 5 heteroatoms. The third kappa shape index (κ3) is 3.69. The summed E-state index contributed by atoms with van der Waals surface area (Å²) in [6, 6.07) is 9.19. The van der Waals surface area contributed by atoms with Crippen LogP contribution >= 0.6 is 27.5 Å². The Hall–Kier alpha value is -1.10. The second-order valence-corrected chi connectivity index (χ2v) is 5.50. The molecule has 1 unspecified atom stereocenters. The van der Waals surface area contributed by atoms with Crippen LogP contribution < -0.4 is 5.32 Å². The molecule has 1 atom stereocenters. The van der Waals surface area contributed by atoms with Crippen LogP contribution in [0.2, 0.25) is 5.02 Å². The van der Waals surface area contributed by atoms with Crippen LogP contribution in [0.3, 0.4) is 0 Å². The minimum atomic E-state index is -0.667. The number of aliphatic hydroxyl groups excluding tert-OH is 1. The van der Waals surface area contributed by atoms with Gasteiger partial charge < -0.3 is 10.4 Å². The minimum absolute atomic E-state index is 0.359. The molecule has 1 aromatic heterocycles. The van der Waals surface area contributed by atoms with Crippen LogP contribution in [0.15, 0.2) is 41.0 Å². The van der Waals surface area contributed by atoms with Crippen LogP contribution in [-0.2, 0) is 0 Å². The summed E-state index contributed by atoms with van der Waals surface area (Å²) < 4.78 is 0.963. The molecule has 2 N–H and O–H groups in total. The van der Waals surface area contributed by atoms with E-state index in [9.17, 15) is 5.11 Å². The first-order chi connectivity index (χ1) is 9.08. The largest absolute Gasteiger partial charge is 0.387 e. The summed E-state index contributed by atoms with van der Waals surface area (Å²) in [6.45, 7) is 2.35. The van der Waals surface area contributed by atoms with Crippen molar-refractivity contribution in [1.82, 2.24) is 4.98 Å². The van der Waals surface area contributed by atoms with E-state index in [1.165, 1.54) is 0 Å². The van der Waals surface area contributed by atoms with Gasteiger partial charge in [0.2, 0.25) is 0 Å². The number of hydrogen-bond acceptors (Lipinski definition) is 3. The maximum absolute atomic E-state index is 10.1. The summed E-state index contributed by atoms with van der Waals surface area (Å²) in [5.41, 5.74) is 1.80. The fourth-order valence-corrected chi connectivity index (χ4v) is 2.17. The van der Waals surface area contributed by atoms with E-state index in [4.69, 9.17) is 11.6 Å². The van der Waals surface area contributed by atoms with E-state index in [-0.39, 0.29) is 0 Å². The Morgan fingerprint density at radius 2 is 2.16 bits per heavy atom. The first kappa shape index (κ1) is 14.3. The molecule has 3 nitrogen and oxygen atoms in total. The van der Waals surface area contributed by atoms with Gasteiger partial charge in [-0.2, -0.15) is 0 Å². The average Bonchev–Trinajstić information content (AvgIpc) is 2.40. The highest BCUT2D eigenvalue weighted by molar-refractivity contribution is 9.10. The van der Waals surface area contributed by atoms with Gasteiger partial charge in [-0.25, -0.2) is 4.98 Å². The Kier molecular flexibility index (Phi) is 4.80. The fraction of sp³-hybridized carbons (Fsp3) is 0.214. The lowest BCUT2D eigenvalue weighted by Gasteiger charge is -2.14. The van der Waals surface area contributed by atoms with Gasteiger partial charge in [0.1, 0.15) is 5.82 Å². The molecule has 2 rings (SSSR count). The van der Waals surface area contributed by atoms with Gasteiger partial charge >= 0.3 is 0 Å². The molecule has 0 aliphatic carbocycles. The van der Waals surface area contributed by atoms with Crippen molar-refractivity contribution in [2.45, 2.75) is 13.0 Å². The topological polar surface area (TPSA) is 45.1 Å². The van der Waals surface area contributed by atoms with Crippen LogP contribution in [0.1, 0.15) is 17.2 Å². The number of aliphatic hydroxyl groups is 1. The highest BCUT2D eigenvalue weighted by Gasteiger charge is 2.11. The lowest BCUT2D eigenvalue weighted by Crippen LogP contribution is -2.13. The number of pyridine rings is 1. The summed E-state index contributed by atoms with van der Waals surface area (Å²) >= 11 is 9.44. The molecule has 0 spiro atoms. The van der Waals surface area contributed by atoms with Crippen LogP contribution in [0, 0.1) is 6.92 Å². The van der Waals surface area contributed by atoms with Crippen LogP contribution in [-0.4, -0.2) is 16.6 Å². The molecule has 0 bridgehead atoms. The van der Waals surface area contributed by atoms with E-state index in [1.54, 1.807) is 12.3 Å². The van der Waals surface area contributed by atoms with Crippen molar-refractivity contribution < 1.29 is 5.11 Å². The second kappa shape index (κ2) is 6.37. The molecule has 0 fully saturated rings. The molecule has 1 heterocycles. The lowest BCUT2D eigenvalue weighted by atomic mass is 10.1. The second-order valence-electron chi connectivity index (χ2n) is 4.24. The number of aryl methyl sites for hydroxylation is 1. The van der Waals surface area contributed by atoms with Crippen molar-refractivity contribution in [3.63, 3.8) is 0 Å². The number of nitrogens with zero attached hydrogens (tertiary/aromatic N) is 1. The Balaban J connectivity index is 2.02. The summed E-state index contributed by atoms with van der Waals surface area (Å²) in [5, 5.41) is 13.8. The number of anilines is 1. The van der Waals surface area contributed by atoms with Crippen LogP contribution in [0.25, 0.3) is 0 Å². The molecule has 100 valence electrons. The van der Waals surface area contributed by atoms with Crippen LogP contribution in [0.4, 0.5) is 5.82 Å². The highest BCUT2D eigenvalue weighted by Crippen LogP contribution is 2.23. The molecule has 19 heavy (non-hydrogen) atoms. The zero-order valence-electron chi connectivity index (χ0n) is 10.4. The summed E-state index contributed by atoms with van der Waals surface area (Å²) in [5.74, 6) is 0.729. The molecule has 0 aliphatic heterocycles. The van der Waals surface area contributed by atoms with Crippen molar-refractivity contribution in [3.05, 3.63) is 57.2 Å². The number of benzene rings is 1. The maximum atomic E-state index is 10.1. The number of aromatic nitrogens is 1. The standard InChI is InChI=1S/C14H14BrClN2O/c1-9-6-14(17-7-11(9)15)18-8-13(19)10-4-2-3-5-12(10)16/h2-7,13,19H,8H2,1H3,(H,17,18). The minimum Gasteiger partial charge on any atom is -0.387 e. The van der Waals surface area contributed by atoms with Crippen molar-refractivity contribution in [3.8, 4) is 0 Å². The summed E-state index contributed by atoms with van der Waals surface area (Å²) in [6.07, 6.45) is 1.07. The van der Waals surface area contributed by atoms with Gasteiger partial charge in [-0.3, -0.25) is 0 Å². The molecule has 0 saturated carbocycles. The average molecular weight is 342 g/mol. The van der Waals surface area contributed by atoms with E-state index in [0.29, 0.717) is 17.1 Å². The zero-order chi connectivity index (χ0) is 13.8. The van der Waals surface area contributed by atoms with Gasteiger partial charge in [0.05, 0.1) is 6.10 Å². The molecule has 0 amide bonds. The quantitative estimate of drug-likeness (QED) is 0.885. The van der Waals surface area contributed by atoms with Crippen molar-refractivity contribution in [2.24, 2.45) is 0 Å². The molecule has 0 saturated heterocycles. The number of rotatable bonds is 4. The van der Waals surface area contributed by atoms with Gasteiger partial charge in [-0.1, -0.05) is 29.8 Å². The monoisotopic (exact) mass is 340 g/mol. The lowest BCUT2D eigenvalue weighted by molar-refractivity contribution is 0.191. The maximum Gasteiger partial charge on any atom is 0.126 e. The molecule has 1 aromatic carbocycles. The molecule has 2 aromatic rings. The Bertz CT molecular complexity index is 577. The predicted molar refractivity (Wildman–Crippen MR) is 81.6 cm³/mol. The first-order valence-corrected chi connectivity index (χ1v) is 7.03. The highest BCUT2D eigenvalue weighted by atomic mass is 79.9. The van der Waals surface area contributed by atoms with E-state index in [2.05, 4.69) is 26.2 Å². The van der Waals surface area contributed by atoms with Gasteiger partial charge in [0.15, 0.2) is 0 Å². The van der Waals surface area contributed by atoms with Gasteiger partial charge in [-0.05, 0) is 40.5 Å². The van der Waals surface area contributed by atoms with Crippen molar-refractivity contribution in [1.29, 1.82) is 0 Å². The van der Waals surface area contributed by atoms with Crippen molar-refractivity contribution in [2.75, 3.05) is 11.9 Å². The third-order valence-electron chi connectivity index (χ3n) is 2.79. The first-order valence-electron chi connectivity index (χ1n) is 5.86. The van der Waals surface area contributed by atoms with E-state index >= 15 is 0 Å². The number of nitrogens with one attached hydrogen (secondary N) is 1. The van der Waals surface area contributed by atoms with Gasteiger partial charge in [0, 0.05) is 27.8 Å². The van der Waals surface area contributed by atoms with Gasteiger partial charge in [-0.15, -0.1) is 0 Å². The number of halogens is 2. The molecular weight excluding hydrogens is 328 g/mol. The summed E-state index contributed by atoms with van der Waals surface area (Å²) in [7, 11) is 0. The fourth-order valence-electron chi connectivity index (χ4n) is 1.69. The van der Waals surface area contributed by atoms with Gasteiger partial charge in [0.25, 0.3) is 0 Å². The SMILES string of the molecule is Cc1cc(NCC(O)c2ccccc2Cl)ncc1Br. The zero-order valence-corrected chi connectivity index (χ0v) is 12.7. The molecular formula is C14H14BrClN2O. The normalized spacial score (nSPS) is 12.2. The summed E-state index contributed by atoms with van der Waals surface area (Å²) in [4.78, 5) is 4.23. The van der Waals surface area contributed by atoms with E-state index in [1.807, 2.05) is 31.2 Å². The number of hydrogen-bond donors (Lipinski definition) is 2. The Morgan fingerprint density at radius 3 is 2.84 bits per heavy atom. The Morgan fingerprint density at radius 1 is 1.42 bits per heavy atom. The van der Waals surface area contributed by atoms with Crippen molar-refractivity contribution >= 4 is 33.3 Å². The molecule has 0 radical (unpaired) electrons. The van der Waals surface area contributed by atoms with E-state index < -0.39 is 6.10 Å².